The second-order valence-electron chi connectivity index (χ2n) is 3.32. The highest BCUT2D eigenvalue weighted by atomic mass is 35.5. The number of H-pyrrole nitrogens is 1. The van der Waals surface area contributed by atoms with E-state index in [0.717, 1.165) is 11.3 Å². The van der Waals surface area contributed by atoms with Crippen LogP contribution < -0.4 is 0 Å². The molecule has 0 unspecified atom stereocenters. The summed E-state index contributed by atoms with van der Waals surface area (Å²) in [5.74, 6) is 6.04. The highest BCUT2D eigenvalue weighted by molar-refractivity contribution is 6.31. The SMILES string of the molecule is Cc1ccc(C#Cc2[nH]ccc2Cl)cc1. The molecule has 2 rings (SSSR count). The summed E-state index contributed by atoms with van der Waals surface area (Å²) in [7, 11) is 0. The Morgan fingerprint density at radius 2 is 1.80 bits per heavy atom. The van der Waals surface area contributed by atoms with Gasteiger partial charge in [-0.1, -0.05) is 35.2 Å². The van der Waals surface area contributed by atoms with Gasteiger partial charge in [0.05, 0.1) is 5.02 Å². The Bertz CT molecular complexity index is 511. The normalized spacial score (nSPS) is 9.47. The van der Waals surface area contributed by atoms with E-state index in [1.54, 1.807) is 12.3 Å². The van der Waals surface area contributed by atoms with E-state index in [-0.39, 0.29) is 0 Å². The average Bonchev–Trinajstić information content (AvgIpc) is 2.63. The zero-order valence-corrected chi connectivity index (χ0v) is 9.10. The van der Waals surface area contributed by atoms with Gasteiger partial charge >= 0.3 is 0 Å². The first-order valence-corrected chi connectivity index (χ1v) is 5.05. The van der Waals surface area contributed by atoms with Crippen LogP contribution in [0.25, 0.3) is 0 Å². The van der Waals surface area contributed by atoms with Gasteiger partial charge in [-0.25, -0.2) is 0 Å². The van der Waals surface area contributed by atoms with E-state index < -0.39 is 0 Å². The summed E-state index contributed by atoms with van der Waals surface area (Å²) in [5, 5.41) is 0.662. The van der Waals surface area contributed by atoms with Crippen LogP contribution in [0.5, 0.6) is 0 Å². The van der Waals surface area contributed by atoms with Gasteiger partial charge in [-0.05, 0) is 31.0 Å². The molecule has 0 aliphatic heterocycles. The maximum absolute atomic E-state index is 5.90. The van der Waals surface area contributed by atoms with Gasteiger partial charge in [-0.3, -0.25) is 0 Å². The summed E-state index contributed by atoms with van der Waals surface area (Å²) >= 11 is 5.90. The molecule has 2 aromatic rings. The third-order valence-corrected chi connectivity index (χ3v) is 2.39. The topological polar surface area (TPSA) is 15.8 Å². The molecule has 0 bridgehead atoms. The first-order chi connectivity index (χ1) is 7.25. The number of aromatic nitrogens is 1. The highest BCUT2D eigenvalue weighted by Gasteiger charge is 1.94. The minimum atomic E-state index is 0.662. The minimum Gasteiger partial charge on any atom is -0.354 e. The summed E-state index contributed by atoms with van der Waals surface area (Å²) in [6.45, 7) is 2.05. The van der Waals surface area contributed by atoms with Crippen LogP contribution in [0.2, 0.25) is 5.02 Å². The van der Waals surface area contributed by atoms with E-state index in [2.05, 4.69) is 23.7 Å². The third-order valence-electron chi connectivity index (χ3n) is 2.08. The smallest absolute Gasteiger partial charge is 0.109 e. The summed E-state index contributed by atoms with van der Waals surface area (Å²) in [4.78, 5) is 2.98. The number of aryl methyl sites for hydroxylation is 1. The number of halogens is 1. The molecule has 0 saturated carbocycles. The summed E-state index contributed by atoms with van der Waals surface area (Å²) in [5.41, 5.74) is 2.99. The molecule has 0 fully saturated rings. The fraction of sp³-hybridized carbons (Fsp3) is 0.0769. The van der Waals surface area contributed by atoms with Crippen LogP contribution in [-0.2, 0) is 0 Å². The van der Waals surface area contributed by atoms with Crippen molar-refractivity contribution < 1.29 is 0 Å². The van der Waals surface area contributed by atoms with Crippen molar-refractivity contribution in [3.05, 3.63) is 58.4 Å². The lowest BCUT2D eigenvalue weighted by Crippen LogP contribution is -1.77. The van der Waals surface area contributed by atoms with Gasteiger partial charge in [0.25, 0.3) is 0 Å². The molecule has 1 aromatic carbocycles. The fourth-order valence-electron chi connectivity index (χ4n) is 1.22. The van der Waals surface area contributed by atoms with Gasteiger partial charge < -0.3 is 4.98 Å². The predicted molar refractivity (Wildman–Crippen MR) is 63.0 cm³/mol. The Balaban J connectivity index is 2.26. The monoisotopic (exact) mass is 215 g/mol. The van der Waals surface area contributed by atoms with Gasteiger partial charge in [0.2, 0.25) is 0 Å². The molecule has 1 aromatic heterocycles. The molecule has 15 heavy (non-hydrogen) atoms. The Hall–Kier alpha value is -1.65. The second kappa shape index (κ2) is 4.25. The van der Waals surface area contributed by atoms with Crippen molar-refractivity contribution >= 4 is 11.6 Å². The van der Waals surface area contributed by atoms with Crippen LogP contribution in [0, 0.1) is 18.8 Å². The van der Waals surface area contributed by atoms with Crippen molar-refractivity contribution in [1.29, 1.82) is 0 Å². The highest BCUT2D eigenvalue weighted by Crippen LogP contribution is 2.11. The largest absolute Gasteiger partial charge is 0.354 e. The van der Waals surface area contributed by atoms with Crippen LogP contribution in [0.1, 0.15) is 16.8 Å². The molecular formula is C13H10ClN. The van der Waals surface area contributed by atoms with Crippen molar-refractivity contribution in [2.24, 2.45) is 0 Å². The maximum Gasteiger partial charge on any atom is 0.109 e. The van der Waals surface area contributed by atoms with E-state index >= 15 is 0 Å². The average molecular weight is 216 g/mol. The van der Waals surface area contributed by atoms with Crippen LogP contribution in [0.15, 0.2) is 36.5 Å². The van der Waals surface area contributed by atoms with Crippen molar-refractivity contribution in [3.8, 4) is 11.8 Å². The van der Waals surface area contributed by atoms with Crippen molar-refractivity contribution in [3.63, 3.8) is 0 Å². The van der Waals surface area contributed by atoms with E-state index in [1.807, 2.05) is 24.3 Å². The van der Waals surface area contributed by atoms with Gasteiger partial charge in [0, 0.05) is 11.8 Å². The predicted octanol–water partition coefficient (Wildman–Crippen LogP) is 3.38. The van der Waals surface area contributed by atoms with Crippen LogP contribution in [0.4, 0.5) is 0 Å². The van der Waals surface area contributed by atoms with Gasteiger partial charge in [-0.2, -0.15) is 0 Å². The summed E-state index contributed by atoms with van der Waals surface area (Å²) < 4.78 is 0. The molecule has 0 aliphatic carbocycles. The zero-order valence-electron chi connectivity index (χ0n) is 8.34. The number of nitrogens with one attached hydrogen (secondary N) is 1. The molecule has 2 heteroatoms. The van der Waals surface area contributed by atoms with E-state index in [4.69, 9.17) is 11.6 Å². The van der Waals surface area contributed by atoms with Crippen molar-refractivity contribution in [2.45, 2.75) is 6.92 Å². The summed E-state index contributed by atoms with van der Waals surface area (Å²) in [6, 6.07) is 9.87. The quantitative estimate of drug-likeness (QED) is 0.649. The third kappa shape index (κ3) is 2.43. The van der Waals surface area contributed by atoms with E-state index in [0.29, 0.717) is 5.02 Å². The first-order valence-electron chi connectivity index (χ1n) is 4.67. The molecule has 0 atom stereocenters. The van der Waals surface area contributed by atoms with Gasteiger partial charge in [0.1, 0.15) is 5.69 Å². The molecule has 1 heterocycles. The Morgan fingerprint density at radius 1 is 1.07 bits per heavy atom. The van der Waals surface area contributed by atoms with Crippen LogP contribution in [-0.4, -0.2) is 4.98 Å². The molecule has 1 N–H and O–H groups in total. The Morgan fingerprint density at radius 3 is 2.40 bits per heavy atom. The molecule has 0 radical (unpaired) electrons. The molecule has 0 saturated heterocycles. The number of aromatic amines is 1. The minimum absolute atomic E-state index is 0.662. The number of hydrogen-bond acceptors (Lipinski definition) is 0. The molecule has 74 valence electrons. The van der Waals surface area contributed by atoms with Crippen LogP contribution in [0.3, 0.4) is 0 Å². The van der Waals surface area contributed by atoms with Crippen molar-refractivity contribution in [2.75, 3.05) is 0 Å². The lowest BCUT2D eigenvalue weighted by Gasteiger charge is -1.91. The standard InChI is InChI=1S/C13H10ClN/c1-10-2-4-11(5-3-10)6-7-13-12(14)8-9-15-13/h2-5,8-9,15H,1H3. The second-order valence-corrected chi connectivity index (χ2v) is 3.72. The molecule has 0 amide bonds. The zero-order chi connectivity index (χ0) is 10.7. The molecule has 1 nitrogen and oxygen atoms in total. The lowest BCUT2D eigenvalue weighted by atomic mass is 10.1. The van der Waals surface area contributed by atoms with Crippen molar-refractivity contribution in [1.82, 2.24) is 4.98 Å². The fourth-order valence-corrected chi connectivity index (χ4v) is 1.38. The Kier molecular flexibility index (Phi) is 2.80. The summed E-state index contributed by atoms with van der Waals surface area (Å²) in [6.07, 6.45) is 1.78. The van der Waals surface area contributed by atoms with Crippen LogP contribution >= 0.6 is 11.6 Å². The number of benzene rings is 1. The van der Waals surface area contributed by atoms with E-state index in [1.165, 1.54) is 5.56 Å². The molecular weight excluding hydrogens is 206 g/mol. The molecule has 0 aliphatic rings. The van der Waals surface area contributed by atoms with Gasteiger partial charge in [-0.15, -0.1) is 0 Å². The lowest BCUT2D eigenvalue weighted by molar-refractivity contribution is 1.37. The number of rotatable bonds is 0. The molecule has 0 spiro atoms. The number of hydrogen-bond donors (Lipinski definition) is 1. The Labute approximate surface area is 94.1 Å². The van der Waals surface area contributed by atoms with Gasteiger partial charge in [0.15, 0.2) is 0 Å². The first kappa shape index (κ1) is 9.89. The maximum atomic E-state index is 5.90. The van der Waals surface area contributed by atoms with E-state index in [9.17, 15) is 0 Å².